The SMILES string of the molecule is CCCCCCC(CCCCC/C=C/CC1(O)CC2(C)C(OCc3ccccc3)CCC2C2CCc3cc(OCc4ccccc4)ccc3C21)C(=O)OCC. The van der Waals surface area contributed by atoms with Crippen LogP contribution in [0.2, 0.25) is 0 Å². The molecule has 5 heteroatoms. The summed E-state index contributed by atoms with van der Waals surface area (Å²) in [5.74, 6) is 1.96. The van der Waals surface area contributed by atoms with Gasteiger partial charge in [0.25, 0.3) is 0 Å². The molecule has 0 spiro atoms. The Morgan fingerprint density at radius 2 is 1.55 bits per heavy atom. The van der Waals surface area contributed by atoms with Crippen molar-refractivity contribution in [1.29, 1.82) is 0 Å². The summed E-state index contributed by atoms with van der Waals surface area (Å²) in [5.41, 5.74) is 4.08. The molecule has 0 aromatic heterocycles. The van der Waals surface area contributed by atoms with Crippen molar-refractivity contribution < 1.29 is 24.1 Å². The van der Waals surface area contributed by atoms with Crippen LogP contribution in [-0.4, -0.2) is 29.4 Å². The smallest absolute Gasteiger partial charge is 0.308 e. The predicted molar refractivity (Wildman–Crippen MR) is 223 cm³/mol. The first-order chi connectivity index (χ1) is 26.8. The number of benzene rings is 3. The van der Waals surface area contributed by atoms with Gasteiger partial charge in [0.05, 0.1) is 30.8 Å². The molecule has 3 aliphatic rings. The topological polar surface area (TPSA) is 65.0 Å². The maximum absolute atomic E-state index is 13.1. The van der Waals surface area contributed by atoms with Crippen molar-refractivity contribution in [3.8, 4) is 5.75 Å². The highest BCUT2D eigenvalue weighted by Crippen LogP contribution is 2.65. The molecule has 0 saturated heterocycles. The van der Waals surface area contributed by atoms with Gasteiger partial charge in [0.15, 0.2) is 0 Å². The number of carbonyl (C=O) groups is 1. The number of hydrogen-bond donors (Lipinski definition) is 1. The Hall–Kier alpha value is -3.41. The van der Waals surface area contributed by atoms with Gasteiger partial charge in [0, 0.05) is 5.92 Å². The molecule has 3 aromatic carbocycles. The highest BCUT2D eigenvalue weighted by molar-refractivity contribution is 5.72. The van der Waals surface area contributed by atoms with Gasteiger partial charge in [-0.3, -0.25) is 4.79 Å². The second-order valence-corrected chi connectivity index (χ2v) is 17.2. The highest BCUT2D eigenvalue weighted by atomic mass is 16.5. The van der Waals surface area contributed by atoms with E-state index in [0.717, 1.165) is 88.4 Å². The zero-order chi connectivity index (χ0) is 38.5. The Kier molecular flexibility index (Phi) is 15.1. The quantitative estimate of drug-likeness (QED) is 0.0667. The molecule has 6 rings (SSSR count). The molecule has 0 amide bonds. The minimum absolute atomic E-state index is 0.0101. The van der Waals surface area contributed by atoms with E-state index in [1.807, 2.05) is 13.0 Å². The van der Waals surface area contributed by atoms with E-state index in [1.165, 1.54) is 36.0 Å². The molecular formula is C50H68O5. The molecular weight excluding hydrogens is 681 g/mol. The summed E-state index contributed by atoms with van der Waals surface area (Å²) in [5, 5.41) is 13.1. The number of esters is 1. The Labute approximate surface area is 332 Å². The fourth-order valence-corrected chi connectivity index (χ4v) is 10.7. The van der Waals surface area contributed by atoms with E-state index in [9.17, 15) is 9.90 Å². The maximum atomic E-state index is 13.1. The van der Waals surface area contributed by atoms with Crippen molar-refractivity contribution in [1.82, 2.24) is 0 Å². The molecule has 1 N–H and O–H groups in total. The summed E-state index contributed by atoms with van der Waals surface area (Å²) in [6, 6.07) is 27.5. The Bertz CT molecular complexity index is 1640. The van der Waals surface area contributed by atoms with Crippen LogP contribution in [0.5, 0.6) is 5.75 Å². The van der Waals surface area contributed by atoms with E-state index in [0.29, 0.717) is 38.1 Å². The van der Waals surface area contributed by atoms with E-state index in [2.05, 4.69) is 98.8 Å². The lowest BCUT2D eigenvalue weighted by Crippen LogP contribution is -2.56. The fourth-order valence-electron chi connectivity index (χ4n) is 10.7. The lowest BCUT2D eigenvalue weighted by atomic mass is 9.49. The third-order valence-electron chi connectivity index (χ3n) is 13.4. The number of ether oxygens (including phenoxy) is 3. The first kappa shape index (κ1) is 41.2. The monoisotopic (exact) mass is 749 g/mol. The van der Waals surface area contributed by atoms with Gasteiger partial charge in [-0.25, -0.2) is 0 Å². The number of unbranched alkanes of at least 4 members (excludes halogenated alkanes) is 6. The first-order valence-electron chi connectivity index (χ1n) is 21.8. The highest BCUT2D eigenvalue weighted by Gasteiger charge is 2.62. The molecule has 3 aliphatic carbocycles. The van der Waals surface area contributed by atoms with Crippen LogP contribution in [0.4, 0.5) is 0 Å². The molecule has 298 valence electrons. The van der Waals surface area contributed by atoms with Gasteiger partial charge in [-0.05, 0) is 123 Å². The van der Waals surface area contributed by atoms with E-state index in [4.69, 9.17) is 14.2 Å². The molecule has 2 fully saturated rings. The molecule has 0 heterocycles. The minimum atomic E-state index is -0.864. The number of hydrogen-bond acceptors (Lipinski definition) is 5. The molecule has 0 aliphatic heterocycles. The number of aliphatic hydroxyl groups is 1. The number of aryl methyl sites for hydroxylation is 1. The molecule has 0 radical (unpaired) electrons. The second-order valence-electron chi connectivity index (χ2n) is 17.2. The summed E-state index contributed by atoms with van der Waals surface area (Å²) in [6.45, 7) is 8.18. The van der Waals surface area contributed by atoms with Crippen molar-refractivity contribution in [2.24, 2.45) is 23.2 Å². The summed E-state index contributed by atoms with van der Waals surface area (Å²) < 4.78 is 18.5. The lowest BCUT2D eigenvalue weighted by Gasteiger charge is -2.58. The van der Waals surface area contributed by atoms with Gasteiger partial charge >= 0.3 is 5.97 Å². The summed E-state index contributed by atoms with van der Waals surface area (Å²) in [4.78, 5) is 12.6. The normalized spacial score (nSPS) is 26.3. The van der Waals surface area contributed by atoms with Crippen LogP contribution in [0.15, 0.2) is 91.0 Å². The third-order valence-corrected chi connectivity index (χ3v) is 13.4. The molecule has 7 atom stereocenters. The van der Waals surface area contributed by atoms with Gasteiger partial charge in [-0.15, -0.1) is 0 Å². The zero-order valence-corrected chi connectivity index (χ0v) is 34.1. The zero-order valence-electron chi connectivity index (χ0n) is 34.1. The van der Waals surface area contributed by atoms with Crippen molar-refractivity contribution >= 4 is 5.97 Å². The van der Waals surface area contributed by atoms with Crippen LogP contribution in [0.3, 0.4) is 0 Å². The van der Waals surface area contributed by atoms with Gasteiger partial charge < -0.3 is 19.3 Å². The van der Waals surface area contributed by atoms with Gasteiger partial charge in [-0.1, -0.05) is 131 Å². The first-order valence-corrected chi connectivity index (χ1v) is 21.8. The fraction of sp³-hybridized carbons (Fsp3) is 0.580. The average molecular weight is 749 g/mol. The lowest BCUT2D eigenvalue weighted by molar-refractivity contribution is -0.151. The Morgan fingerprint density at radius 3 is 2.25 bits per heavy atom. The number of rotatable bonds is 21. The van der Waals surface area contributed by atoms with Crippen molar-refractivity contribution in [3.63, 3.8) is 0 Å². The molecule has 3 aromatic rings. The van der Waals surface area contributed by atoms with E-state index in [1.54, 1.807) is 0 Å². The molecule has 55 heavy (non-hydrogen) atoms. The van der Waals surface area contributed by atoms with Crippen molar-refractivity contribution in [2.75, 3.05) is 6.61 Å². The third kappa shape index (κ3) is 10.5. The minimum Gasteiger partial charge on any atom is -0.489 e. The van der Waals surface area contributed by atoms with Gasteiger partial charge in [-0.2, -0.15) is 0 Å². The summed E-state index contributed by atoms with van der Waals surface area (Å²) in [7, 11) is 0. The van der Waals surface area contributed by atoms with Crippen LogP contribution in [0.1, 0.15) is 145 Å². The van der Waals surface area contributed by atoms with E-state index < -0.39 is 5.60 Å². The Balaban J connectivity index is 1.12. The van der Waals surface area contributed by atoms with Crippen molar-refractivity contribution in [2.45, 2.75) is 154 Å². The van der Waals surface area contributed by atoms with Gasteiger partial charge in [0.2, 0.25) is 0 Å². The average Bonchev–Trinajstić information content (AvgIpc) is 3.53. The summed E-state index contributed by atoms with van der Waals surface area (Å²) in [6.07, 6.45) is 21.3. The van der Waals surface area contributed by atoms with Gasteiger partial charge in [0.1, 0.15) is 12.4 Å². The molecule has 2 saturated carbocycles. The predicted octanol–water partition coefficient (Wildman–Crippen LogP) is 12.1. The molecule has 7 unspecified atom stereocenters. The van der Waals surface area contributed by atoms with Crippen LogP contribution in [-0.2, 0) is 33.9 Å². The van der Waals surface area contributed by atoms with Crippen molar-refractivity contribution in [3.05, 3.63) is 113 Å². The standard InChI is InChI=1S/C50H68O5/c1-4-6-7-18-25-40(48(51)53-5-2)26-19-10-8-9-11-20-33-50(52)37-49(3)45(31-32-46(49)55-36-39-23-16-13-17-24-39)44-29-27-41-34-42(28-30-43(41)47(44)50)54-35-38-21-14-12-15-22-38/h11-17,20-24,28,30,34,40,44-47,52H,4-10,18-19,25-27,29,31-33,35-37H2,1-3H3/b20-11+. The maximum Gasteiger partial charge on any atom is 0.308 e. The number of carbonyl (C=O) groups excluding carboxylic acids is 1. The van der Waals surface area contributed by atoms with Crippen LogP contribution in [0.25, 0.3) is 0 Å². The summed E-state index contributed by atoms with van der Waals surface area (Å²) >= 11 is 0. The molecule has 5 nitrogen and oxygen atoms in total. The molecule has 0 bridgehead atoms. The Morgan fingerprint density at radius 1 is 0.836 bits per heavy atom. The van der Waals surface area contributed by atoms with E-state index in [-0.39, 0.29) is 29.3 Å². The van der Waals surface area contributed by atoms with Crippen LogP contribution >= 0.6 is 0 Å². The number of fused-ring (bicyclic) bond motifs is 5. The van der Waals surface area contributed by atoms with Crippen LogP contribution < -0.4 is 4.74 Å². The largest absolute Gasteiger partial charge is 0.489 e. The van der Waals surface area contributed by atoms with Crippen LogP contribution in [0, 0.1) is 23.2 Å². The van der Waals surface area contributed by atoms with E-state index >= 15 is 0 Å². The number of allylic oxidation sites excluding steroid dienone is 1. The second kappa shape index (κ2) is 20.1.